The maximum Gasteiger partial charge on any atom is 0.416 e. The highest BCUT2D eigenvalue weighted by atomic mass is 35.5. The number of carbonyl (C=O) groups is 1. The van der Waals surface area contributed by atoms with Gasteiger partial charge in [-0.1, -0.05) is 23.3 Å². The lowest BCUT2D eigenvalue weighted by atomic mass is 9.96. The minimum Gasteiger partial charge on any atom is -0.449 e. The van der Waals surface area contributed by atoms with Crippen molar-refractivity contribution in [2.75, 3.05) is 18.1 Å². The quantitative estimate of drug-likeness (QED) is 0.363. The smallest absolute Gasteiger partial charge is 0.416 e. The van der Waals surface area contributed by atoms with Crippen LogP contribution in [0, 0.1) is 0 Å². The molecule has 7 nitrogen and oxygen atoms in total. The van der Waals surface area contributed by atoms with Crippen molar-refractivity contribution in [3.8, 4) is 0 Å². The highest BCUT2D eigenvalue weighted by molar-refractivity contribution is 6.22. The van der Waals surface area contributed by atoms with Gasteiger partial charge in [0, 0.05) is 11.5 Å². The fraction of sp³-hybridized carbons (Fsp3) is 0.500. The number of ether oxygens (including phenoxy) is 2. The maximum absolute atomic E-state index is 12.3. The third-order valence-corrected chi connectivity index (χ3v) is 3.82. The molecule has 0 spiro atoms. The Labute approximate surface area is 133 Å². The number of nitrogens with zero attached hydrogens (tertiary/aromatic N) is 4. The normalized spacial score (nSPS) is 23.4. The molecule has 3 atom stereocenters. The van der Waals surface area contributed by atoms with Crippen LogP contribution in [0.2, 0.25) is 0 Å². The van der Waals surface area contributed by atoms with Crippen LogP contribution in [0.3, 0.4) is 0 Å². The van der Waals surface area contributed by atoms with Gasteiger partial charge in [0.05, 0.1) is 17.7 Å². The van der Waals surface area contributed by atoms with Crippen molar-refractivity contribution in [3.63, 3.8) is 0 Å². The lowest BCUT2D eigenvalue weighted by molar-refractivity contribution is 0.0337. The van der Waals surface area contributed by atoms with E-state index in [1.54, 1.807) is 32.0 Å². The summed E-state index contributed by atoms with van der Waals surface area (Å²) in [5, 5.41) is 3.14. The van der Waals surface area contributed by atoms with Crippen LogP contribution in [0.25, 0.3) is 10.4 Å². The van der Waals surface area contributed by atoms with Crippen LogP contribution in [-0.4, -0.2) is 31.6 Å². The minimum absolute atomic E-state index is 0.229. The number of hydrogen-bond acceptors (Lipinski definition) is 4. The van der Waals surface area contributed by atoms with Crippen LogP contribution < -0.4 is 4.90 Å². The Morgan fingerprint density at radius 1 is 1.41 bits per heavy atom. The average molecular weight is 325 g/mol. The lowest BCUT2D eigenvalue weighted by Gasteiger charge is -2.41. The molecule has 0 aromatic heterocycles. The number of azide groups is 1. The Morgan fingerprint density at radius 3 is 2.77 bits per heavy atom. The van der Waals surface area contributed by atoms with Crippen molar-refractivity contribution in [3.05, 3.63) is 40.3 Å². The van der Waals surface area contributed by atoms with Gasteiger partial charge in [0.25, 0.3) is 0 Å². The highest BCUT2D eigenvalue weighted by Crippen LogP contribution is 2.43. The molecule has 1 heterocycles. The molecule has 8 heteroatoms. The molecule has 1 aliphatic rings. The van der Waals surface area contributed by atoms with Gasteiger partial charge in [0.1, 0.15) is 6.04 Å². The molecule has 0 saturated carbocycles. The first kappa shape index (κ1) is 16.4. The second kappa shape index (κ2) is 7.35. The van der Waals surface area contributed by atoms with Crippen molar-refractivity contribution < 1.29 is 14.3 Å². The molecule has 0 aliphatic carbocycles. The summed E-state index contributed by atoms with van der Waals surface area (Å²) in [4.78, 5) is 16.5. The average Bonchev–Trinajstić information content (AvgIpc) is 2.52. The molecule has 0 bridgehead atoms. The van der Waals surface area contributed by atoms with Crippen molar-refractivity contribution >= 4 is 23.4 Å². The summed E-state index contributed by atoms with van der Waals surface area (Å²) in [5.74, 6) is 0. The summed E-state index contributed by atoms with van der Waals surface area (Å²) >= 11 is 6.45. The predicted octanol–water partition coefficient (Wildman–Crippen LogP) is 3.98. The third kappa shape index (κ3) is 2.97. The van der Waals surface area contributed by atoms with Crippen molar-refractivity contribution in [1.29, 1.82) is 0 Å². The van der Waals surface area contributed by atoms with Gasteiger partial charge in [-0.3, -0.25) is 4.90 Å². The largest absolute Gasteiger partial charge is 0.449 e. The number of halogens is 1. The van der Waals surface area contributed by atoms with Crippen molar-refractivity contribution in [2.24, 2.45) is 5.11 Å². The Hall–Kier alpha value is -1.95. The Kier molecular flexibility index (Phi) is 5.49. The lowest BCUT2D eigenvalue weighted by Crippen LogP contribution is -2.53. The van der Waals surface area contributed by atoms with Gasteiger partial charge >= 0.3 is 6.09 Å². The second-order valence-corrected chi connectivity index (χ2v) is 5.04. The summed E-state index contributed by atoms with van der Waals surface area (Å²) in [5.41, 5.74) is 10.1. The number of amides is 1. The first-order chi connectivity index (χ1) is 10.7. The molecular formula is C14H17ClN4O3. The van der Waals surface area contributed by atoms with E-state index in [0.717, 1.165) is 0 Å². The zero-order valence-corrected chi connectivity index (χ0v) is 13.1. The van der Waals surface area contributed by atoms with Gasteiger partial charge in [0.15, 0.2) is 6.23 Å². The molecular weight excluding hydrogens is 308 g/mol. The molecule has 1 aliphatic heterocycles. The molecule has 2 rings (SSSR count). The zero-order valence-electron chi connectivity index (χ0n) is 12.3. The molecule has 1 unspecified atom stereocenters. The molecule has 1 aromatic carbocycles. The van der Waals surface area contributed by atoms with E-state index in [1.807, 2.05) is 6.07 Å². The Balaban J connectivity index is 2.55. The SMILES string of the molecule is CCOC(=O)N1c2ccccc2[C@@H](Cl)[C@H](N=[N+]=[N-])C1OCC. The van der Waals surface area contributed by atoms with Crippen LogP contribution in [0.1, 0.15) is 24.8 Å². The molecule has 1 amide bonds. The third-order valence-electron chi connectivity index (χ3n) is 3.33. The number of benzene rings is 1. The van der Waals surface area contributed by atoms with Crippen LogP contribution >= 0.6 is 11.6 Å². The second-order valence-electron chi connectivity index (χ2n) is 4.57. The Bertz CT molecular complexity index is 591. The van der Waals surface area contributed by atoms with Gasteiger partial charge in [0.2, 0.25) is 0 Å². The summed E-state index contributed by atoms with van der Waals surface area (Å²) in [6.07, 6.45) is -1.37. The number of carbonyl (C=O) groups excluding carboxylic acids is 1. The van der Waals surface area contributed by atoms with Crippen LogP contribution in [0.4, 0.5) is 10.5 Å². The van der Waals surface area contributed by atoms with E-state index < -0.39 is 23.7 Å². The molecule has 0 fully saturated rings. The minimum atomic E-state index is -0.808. The Morgan fingerprint density at radius 2 is 2.14 bits per heavy atom. The van der Waals surface area contributed by atoms with Crippen LogP contribution in [0.5, 0.6) is 0 Å². The van der Waals surface area contributed by atoms with Gasteiger partial charge in [-0.25, -0.2) is 4.79 Å². The number of fused-ring (bicyclic) bond motifs is 1. The van der Waals surface area contributed by atoms with Gasteiger partial charge in [-0.05, 0) is 31.0 Å². The summed E-state index contributed by atoms with van der Waals surface area (Å²) in [6.45, 7) is 4.08. The fourth-order valence-electron chi connectivity index (χ4n) is 2.47. The number of para-hydroxylation sites is 1. The maximum atomic E-state index is 12.3. The molecule has 0 saturated heterocycles. The summed E-state index contributed by atoms with van der Waals surface area (Å²) in [6, 6.07) is 6.42. The first-order valence-electron chi connectivity index (χ1n) is 7.00. The standard InChI is InChI=1S/C14H17ClN4O3/c1-3-21-13-12(17-18-16)11(15)9-7-5-6-8-10(9)19(13)14(20)22-4-2/h5-8,11-13H,3-4H2,1-2H3/t11-,12+,13?/m1/s1. The van der Waals surface area contributed by atoms with Gasteiger partial charge < -0.3 is 9.47 Å². The molecule has 22 heavy (non-hydrogen) atoms. The van der Waals surface area contributed by atoms with Crippen molar-refractivity contribution in [2.45, 2.75) is 31.5 Å². The van der Waals surface area contributed by atoms with E-state index in [-0.39, 0.29) is 6.61 Å². The summed E-state index contributed by atoms with van der Waals surface area (Å²) < 4.78 is 10.7. The van der Waals surface area contributed by atoms with E-state index in [9.17, 15) is 4.79 Å². The molecule has 0 N–H and O–H groups in total. The van der Waals surface area contributed by atoms with E-state index >= 15 is 0 Å². The van der Waals surface area contributed by atoms with E-state index in [0.29, 0.717) is 17.9 Å². The molecule has 0 radical (unpaired) electrons. The predicted molar refractivity (Wildman–Crippen MR) is 82.9 cm³/mol. The van der Waals surface area contributed by atoms with E-state index in [4.69, 9.17) is 26.6 Å². The van der Waals surface area contributed by atoms with Crippen LogP contribution in [-0.2, 0) is 9.47 Å². The number of rotatable bonds is 4. The van der Waals surface area contributed by atoms with E-state index in [2.05, 4.69) is 10.0 Å². The zero-order chi connectivity index (χ0) is 16.1. The van der Waals surface area contributed by atoms with Gasteiger partial charge in [-0.15, -0.1) is 11.6 Å². The van der Waals surface area contributed by atoms with E-state index in [1.165, 1.54) is 4.90 Å². The van der Waals surface area contributed by atoms with Crippen molar-refractivity contribution in [1.82, 2.24) is 0 Å². The number of hydrogen-bond donors (Lipinski definition) is 0. The number of alkyl halides is 1. The molecule has 1 aromatic rings. The van der Waals surface area contributed by atoms with Gasteiger partial charge in [-0.2, -0.15) is 0 Å². The molecule has 118 valence electrons. The van der Waals surface area contributed by atoms with Crippen LogP contribution in [0.15, 0.2) is 29.4 Å². The highest BCUT2D eigenvalue weighted by Gasteiger charge is 2.43. The topological polar surface area (TPSA) is 87.5 Å². The number of anilines is 1. The first-order valence-corrected chi connectivity index (χ1v) is 7.44. The fourth-order valence-corrected chi connectivity index (χ4v) is 2.83. The summed E-state index contributed by atoms with van der Waals surface area (Å²) in [7, 11) is 0. The monoisotopic (exact) mass is 324 g/mol.